The number of ether oxygens (including phenoxy) is 3. The summed E-state index contributed by atoms with van der Waals surface area (Å²) in [6, 6.07) is 14.6. The Kier molecular flexibility index (Phi) is 6.08. The second-order valence-electron chi connectivity index (χ2n) is 7.36. The number of aromatic nitrogens is 1. The predicted octanol–water partition coefficient (Wildman–Crippen LogP) is 4.02. The molecule has 162 valence electrons. The second kappa shape index (κ2) is 9.09. The third-order valence-corrected chi connectivity index (χ3v) is 5.11. The van der Waals surface area contributed by atoms with Crippen molar-refractivity contribution in [2.75, 3.05) is 20.8 Å². The van der Waals surface area contributed by atoms with Crippen LogP contribution in [0.5, 0.6) is 17.2 Å². The SMILES string of the molecule is COOc1ccnc2cc(OCC3(NC(=O)OCc4ccc(OC)cc4)CC3)ccc12. The largest absolute Gasteiger partial charge is 0.497 e. The van der Waals surface area contributed by atoms with Crippen molar-refractivity contribution in [2.24, 2.45) is 0 Å². The van der Waals surface area contributed by atoms with E-state index in [-0.39, 0.29) is 6.61 Å². The number of carbonyl (C=O) groups excluding carboxylic acids is 1. The Labute approximate surface area is 180 Å². The number of methoxy groups -OCH3 is 1. The molecule has 2 aromatic carbocycles. The molecule has 1 aromatic heterocycles. The summed E-state index contributed by atoms with van der Waals surface area (Å²) in [5.74, 6) is 2.00. The molecule has 1 amide bonds. The molecule has 1 aliphatic rings. The van der Waals surface area contributed by atoms with Crippen molar-refractivity contribution in [1.82, 2.24) is 10.3 Å². The minimum absolute atomic E-state index is 0.189. The van der Waals surface area contributed by atoms with Gasteiger partial charge in [-0.15, -0.1) is 0 Å². The van der Waals surface area contributed by atoms with Gasteiger partial charge in [0.05, 0.1) is 25.3 Å². The van der Waals surface area contributed by atoms with E-state index in [4.69, 9.17) is 24.0 Å². The molecule has 0 atom stereocenters. The van der Waals surface area contributed by atoms with Crippen LogP contribution < -0.4 is 19.7 Å². The van der Waals surface area contributed by atoms with Crippen molar-refractivity contribution in [3.8, 4) is 17.2 Å². The molecule has 0 radical (unpaired) electrons. The highest BCUT2D eigenvalue weighted by molar-refractivity contribution is 5.85. The number of hydrogen-bond donors (Lipinski definition) is 1. The van der Waals surface area contributed by atoms with E-state index in [0.717, 1.165) is 35.1 Å². The molecule has 0 saturated heterocycles. The zero-order valence-corrected chi connectivity index (χ0v) is 17.4. The molecule has 1 N–H and O–H groups in total. The Bertz CT molecular complexity index is 1050. The van der Waals surface area contributed by atoms with Gasteiger partial charge < -0.3 is 24.4 Å². The summed E-state index contributed by atoms with van der Waals surface area (Å²) < 4.78 is 16.4. The number of hydrogen-bond acceptors (Lipinski definition) is 7. The van der Waals surface area contributed by atoms with Crippen molar-refractivity contribution in [3.05, 3.63) is 60.3 Å². The summed E-state index contributed by atoms with van der Waals surface area (Å²) in [4.78, 5) is 26.5. The van der Waals surface area contributed by atoms with Crippen molar-refractivity contribution >= 4 is 17.0 Å². The summed E-state index contributed by atoms with van der Waals surface area (Å²) in [5.41, 5.74) is 1.21. The van der Waals surface area contributed by atoms with Gasteiger partial charge in [0.2, 0.25) is 0 Å². The summed E-state index contributed by atoms with van der Waals surface area (Å²) >= 11 is 0. The third kappa shape index (κ3) is 5.16. The lowest BCUT2D eigenvalue weighted by Crippen LogP contribution is -2.41. The number of nitrogens with one attached hydrogen (secondary N) is 1. The van der Waals surface area contributed by atoms with Gasteiger partial charge in [0.1, 0.15) is 24.7 Å². The number of fused-ring (bicyclic) bond motifs is 1. The number of carbonyl (C=O) groups is 1. The van der Waals surface area contributed by atoms with Crippen LogP contribution in [0.1, 0.15) is 18.4 Å². The zero-order valence-electron chi connectivity index (χ0n) is 17.4. The van der Waals surface area contributed by atoms with Crippen LogP contribution in [0, 0.1) is 0 Å². The number of pyridine rings is 1. The number of nitrogens with zero attached hydrogens (tertiary/aromatic N) is 1. The number of alkyl carbamates (subject to hydrolysis) is 1. The first-order chi connectivity index (χ1) is 15.1. The Morgan fingerprint density at radius 3 is 2.55 bits per heavy atom. The molecule has 0 aliphatic heterocycles. The first-order valence-corrected chi connectivity index (χ1v) is 9.91. The highest BCUT2D eigenvalue weighted by Crippen LogP contribution is 2.36. The smallest absolute Gasteiger partial charge is 0.408 e. The summed E-state index contributed by atoms with van der Waals surface area (Å²) in [7, 11) is 3.06. The van der Waals surface area contributed by atoms with Gasteiger partial charge in [-0.05, 0) is 42.7 Å². The van der Waals surface area contributed by atoms with Gasteiger partial charge in [0.25, 0.3) is 0 Å². The molecule has 0 unspecified atom stereocenters. The van der Waals surface area contributed by atoms with Crippen LogP contribution in [0.2, 0.25) is 0 Å². The fourth-order valence-corrected chi connectivity index (χ4v) is 3.15. The molecule has 31 heavy (non-hydrogen) atoms. The maximum absolute atomic E-state index is 12.2. The van der Waals surface area contributed by atoms with E-state index in [1.165, 1.54) is 7.11 Å². The van der Waals surface area contributed by atoms with Gasteiger partial charge >= 0.3 is 6.09 Å². The quantitative estimate of drug-likeness (QED) is 0.410. The fourth-order valence-electron chi connectivity index (χ4n) is 3.15. The third-order valence-electron chi connectivity index (χ3n) is 5.11. The van der Waals surface area contributed by atoms with Gasteiger partial charge in [-0.1, -0.05) is 12.1 Å². The van der Waals surface area contributed by atoms with Gasteiger partial charge in [-0.3, -0.25) is 4.98 Å². The van der Waals surface area contributed by atoms with Crippen molar-refractivity contribution in [3.63, 3.8) is 0 Å². The number of benzene rings is 2. The van der Waals surface area contributed by atoms with E-state index >= 15 is 0 Å². The topological polar surface area (TPSA) is 88.1 Å². The second-order valence-corrected chi connectivity index (χ2v) is 7.36. The lowest BCUT2D eigenvalue weighted by molar-refractivity contribution is -0.176. The normalized spacial score (nSPS) is 14.0. The van der Waals surface area contributed by atoms with Crippen molar-refractivity contribution in [1.29, 1.82) is 0 Å². The Morgan fingerprint density at radius 1 is 1.06 bits per heavy atom. The monoisotopic (exact) mass is 424 g/mol. The van der Waals surface area contributed by atoms with Gasteiger partial charge in [0.15, 0.2) is 5.75 Å². The molecule has 3 aromatic rings. The maximum Gasteiger partial charge on any atom is 0.408 e. The summed E-state index contributed by atoms with van der Waals surface area (Å²) in [6.45, 7) is 0.541. The molecule has 4 rings (SSSR count). The predicted molar refractivity (Wildman–Crippen MR) is 113 cm³/mol. The minimum Gasteiger partial charge on any atom is -0.497 e. The Balaban J connectivity index is 1.30. The average Bonchev–Trinajstić information content (AvgIpc) is 3.56. The molecule has 1 saturated carbocycles. The van der Waals surface area contributed by atoms with E-state index in [1.807, 2.05) is 42.5 Å². The lowest BCUT2D eigenvalue weighted by atomic mass is 10.2. The van der Waals surface area contributed by atoms with Crippen LogP contribution in [0.3, 0.4) is 0 Å². The van der Waals surface area contributed by atoms with Gasteiger partial charge in [0, 0.05) is 23.7 Å². The van der Waals surface area contributed by atoms with Crippen LogP contribution in [0.4, 0.5) is 4.79 Å². The van der Waals surface area contributed by atoms with Crippen molar-refractivity contribution in [2.45, 2.75) is 25.0 Å². The van der Waals surface area contributed by atoms with Crippen LogP contribution in [0.25, 0.3) is 10.9 Å². The molecule has 0 spiro atoms. The Hall–Kier alpha value is -3.52. The van der Waals surface area contributed by atoms with Crippen LogP contribution in [-0.4, -0.2) is 37.4 Å². The molecule has 1 heterocycles. The molecule has 1 aliphatic carbocycles. The zero-order chi connectivity index (χ0) is 21.7. The average molecular weight is 424 g/mol. The van der Waals surface area contributed by atoms with Crippen LogP contribution in [0.15, 0.2) is 54.7 Å². The van der Waals surface area contributed by atoms with E-state index in [1.54, 1.807) is 19.4 Å². The molecule has 1 fully saturated rings. The Morgan fingerprint density at radius 2 is 1.84 bits per heavy atom. The summed E-state index contributed by atoms with van der Waals surface area (Å²) in [6.07, 6.45) is 2.85. The lowest BCUT2D eigenvalue weighted by Gasteiger charge is -2.18. The number of rotatable bonds is 9. The first-order valence-electron chi connectivity index (χ1n) is 9.91. The van der Waals surface area contributed by atoms with E-state index in [9.17, 15) is 4.79 Å². The van der Waals surface area contributed by atoms with Crippen molar-refractivity contribution < 1.29 is 28.8 Å². The minimum atomic E-state index is -0.460. The first kappa shape index (κ1) is 20.7. The molecule has 8 nitrogen and oxygen atoms in total. The highest BCUT2D eigenvalue weighted by Gasteiger charge is 2.45. The standard InChI is InChI=1S/C23H24N2O6/c1-27-17-5-3-16(4-6-17)14-29-22(26)25-23(10-11-23)15-30-18-7-8-19-20(13-18)24-12-9-21(19)31-28-2/h3-9,12-13H,10-11,14-15H2,1-2H3,(H,25,26). The number of amides is 1. The van der Waals surface area contributed by atoms with Crippen LogP contribution in [-0.2, 0) is 16.2 Å². The molecule has 8 heteroatoms. The van der Waals surface area contributed by atoms with Gasteiger partial charge in [-0.2, -0.15) is 4.89 Å². The fraction of sp³-hybridized carbons (Fsp3) is 0.304. The van der Waals surface area contributed by atoms with Crippen LogP contribution >= 0.6 is 0 Å². The highest BCUT2D eigenvalue weighted by atomic mass is 17.2. The molecule has 0 bridgehead atoms. The maximum atomic E-state index is 12.2. The molecular weight excluding hydrogens is 400 g/mol. The van der Waals surface area contributed by atoms with E-state index in [0.29, 0.717) is 18.1 Å². The summed E-state index contributed by atoms with van der Waals surface area (Å²) in [5, 5.41) is 3.75. The molecular formula is C23H24N2O6. The van der Waals surface area contributed by atoms with Gasteiger partial charge in [-0.25, -0.2) is 4.79 Å². The van der Waals surface area contributed by atoms with E-state index < -0.39 is 11.6 Å². The van der Waals surface area contributed by atoms with E-state index in [2.05, 4.69) is 10.3 Å².